The van der Waals surface area contributed by atoms with Gasteiger partial charge in [-0.15, -0.1) is 12.4 Å². The number of piperazine rings is 1. The smallest absolute Gasteiger partial charge is 0.252 e. The standard InChI is InChI=1S/C20H23N3O3.ClH/c1-26-17-9-7-16(8-10-17)19(24)22-18(15-5-3-2-4-6-15)20(25)23-13-11-21-12-14-23;/h2-10,18,21H,11-14H2,1H3,(H,22,24);1H. The highest BCUT2D eigenvalue weighted by Crippen LogP contribution is 2.18. The van der Waals surface area contributed by atoms with Crippen LogP contribution in [0.3, 0.4) is 0 Å². The van der Waals surface area contributed by atoms with Gasteiger partial charge in [0.25, 0.3) is 5.91 Å². The molecule has 0 aliphatic carbocycles. The Balaban J connectivity index is 0.00000261. The molecule has 2 aromatic rings. The molecule has 7 heteroatoms. The molecule has 144 valence electrons. The predicted molar refractivity (Wildman–Crippen MR) is 106 cm³/mol. The van der Waals surface area contributed by atoms with Crippen molar-refractivity contribution in [3.8, 4) is 5.75 Å². The van der Waals surface area contributed by atoms with Gasteiger partial charge in [0.15, 0.2) is 0 Å². The SMILES string of the molecule is COc1ccc(C(=O)NC(C(=O)N2CCNCC2)c2ccccc2)cc1.Cl. The molecule has 2 aromatic carbocycles. The van der Waals surface area contributed by atoms with E-state index in [1.165, 1.54) is 0 Å². The number of nitrogens with one attached hydrogen (secondary N) is 2. The third-order valence-corrected chi connectivity index (χ3v) is 4.44. The van der Waals surface area contributed by atoms with E-state index >= 15 is 0 Å². The summed E-state index contributed by atoms with van der Waals surface area (Å²) in [5, 5.41) is 6.13. The molecule has 1 fully saturated rings. The number of carbonyl (C=O) groups is 2. The van der Waals surface area contributed by atoms with Crippen LogP contribution in [-0.4, -0.2) is 50.0 Å². The Morgan fingerprint density at radius 3 is 2.26 bits per heavy atom. The van der Waals surface area contributed by atoms with E-state index in [9.17, 15) is 9.59 Å². The van der Waals surface area contributed by atoms with Gasteiger partial charge in [0.05, 0.1) is 7.11 Å². The molecule has 1 aliphatic rings. The number of carbonyl (C=O) groups excluding carboxylic acids is 2. The number of halogens is 1. The lowest BCUT2D eigenvalue weighted by atomic mass is 10.0. The van der Waals surface area contributed by atoms with Crippen LogP contribution in [0.5, 0.6) is 5.75 Å². The lowest BCUT2D eigenvalue weighted by molar-refractivity contribution is -0.134. The molecular weight excluding hydrogens is 366 g/mol. The van der Waals surface area contributed by atoms with E-state index in [0.717, 1.165) is 18.7 Å². The lowest BCUT2D eigenvalue weighted by Crippen LogP contribution is -2.50. The van der Waals surface area contributed by atoms with Crippen LogP contribution in [0.4, 0.5) is 0 Å². The molecule has 6 nitrogen and oxygen atoms in total. The van der Waals surface area contributed by atoms with Crippen LogP contribution < -0.4 is 15.4 Å². The predicted octanol–water partition coefficient (Wildman–Crippen LogP) is 2.02. The number of hydrogen-bond donors (Lipinski definition) is 2. The molecule has 0 bridgehead atoms. The highest BCUT2D eigenvalue weighted by atomic mass is 35.5. The van der Waals surface area contributed by atoms with Crippen molar-refractivity contribution in [1.82, 2.24) is 15.5 Å². The fraction of sp³-hybridized carbons (Fsp3) is 0.300. The van der Waals surface area contributed by atoms with Gasteiger partial charge < -0.3 is 20.3 Å². The van der Waals surface area contributed by atoms with Crippen LogP contribution in [0.15, 0.2) is 54.6 Å². The molecule has 2 amide bonds. The quantitative estimate of drug-likeness (QED) is 0.820. The van der Waals surface area contributed by atoms with Gasteiger partial charge in [-0.25, -0.2) is 0 Å². The van der Waals surface area contributed by atoms with Crippen molar-refractivity contribution in [3.63, 3.8) is 0 Å². The van der Waals surface area contributed by atoms with E-state index in [1.807, 2.05) is 30.3 Å². The Bertz CT molecular complexity index is 747. The summed E-state index contributed by atoms with van der Waals surface area (Å²) < 4.78 is 5.12. The third-order valence-electron chi connectivity index (χ3n) is 4.44. The lowest BCUT2D eigenvalue weighted by Gasteiger charge is -2.31. The van der Waals surface area contributed by atoms with Crippen LogP contribution in [0.25, 0.3) is 0 Å². The number of rotatable bonds is 5. The molecule has 1 unspecified atom stereocenters. The van der Waals surface area contributed by atoms with Crippen LogP contribution in [0.1, 0.15) is 22.0 Å². The van der Waals surface area contributed by atoms with Crippen molar-refractivity contribution >= 4 is 24.2 Å². The number of ether oxygens (including phenoxy) is 1. The zero-order valence-corrected chi connectivity index (χ0v) is 16.0. The number of nitrogens with zero attached hydrogens (tertiary/aromatic N) is 1. The first-order chi connectivity index (χ1) is 12.7. The zero-order valence-electron chi connectivity index (χ0n) is 15.2. The topological polar surface area (TPSA) is 70.7 Å². The number of hydrogen-bond acceptors (Lipinski definition) is 4. The summed E-state index contributed by atoms with van der Waals surface area (Å²) in [6, 6.07) is 15.5. The van der Waals surface area contributed by atoms with E-state index in [0.29, 0.717) is 24.4 Å². The van der Waals surface area contributed by atoms with Gasteiger partial charge in [-0.05, 0) is 29.8 Å². The minimum absolute atomic E-state index is 0. The van der Waals surface area contributed by atoms with Crippen LogP contribution in [0, 0.1) is 0 Å². The van der Waals surface area contributed by atoms with E-state index in [-0.39, 0.29) is 24.2 Å². The molecule has 3 rings (SSSR count). The van der Waals surface area contributed by atoms with Crippen LogP contribution >= 0.6 is 12.4 Å². The number of methoxy groups -OCH3 is 1. The van der Waals surface area contributed by atoms with Crippen molar-refractivity contribution in [2.45, 2.75) is 6.04 Å². The number of amides is 2. The summed E-state index contributed by atoms with van der Waals surface area (Å²) >= 11 is 0. The monoisotopic (exact) mass is 389 g/mol. The van der Waals surface area contributed by atoms with Gasteiger partial charge in [0.1, 0.15) is 11.8 Å². The molecule has 2 N–H and O–H groups in total. The van der Waals surface area contributed by atoms with Gasteiger partial charge in [-0.1, -0.05) is 30.3 Å². The largest absolute Gasteiger partial charge is 0.497 e. The molecule has 0 spiro atoms. The average Bonchev–Trinajstić information content (AvgIpc) is 2.72. The van der Waals surface area contributed by atoms with Crippen molar-refractivity contribution in [2.75, 3.05) is 33.3 Å². The number of benzene rings is 2. The highest BCUT2D eigenvalue weighted by Gasteiger charge is 2.28. The van der Waals surface area contributed by atoms with Gasteiger partial charge >= 0.3 is 0 Å². The first-order valence-electron chi connectivity index (χ1n) is 8.68. The Morgan fingerprint density at radius 1 is 1.04 bits per heavy atom. The molecule has 27 heavy (non-hydrogen) atoms. The van der Waals surface area contributed by atoms with Crippen LogP contribution in [0.2, 0.25) is 0 Å². The minimum Gasteiger partial charge on any atom is -0.497 e. The second-order valence-electron chi connectivity index (χ2n) is 6.12. The van der Waals surface area contributed by atoms with E-state index in [4.69, 9.17) is 4.74 Å². The van der Waals surface area contributed by atoms with E-state index < -0.39 is 6.04 Å². The summed E-state index contributed by atoms with van der Waals surface area (Å²) in [6.07, 6.45) is 0. The third kappa shape index (κ3) is 5.21. The van der Waals surface area contributed by atoms with Crippen molar-refractivity contribution < 1.29 is 14.3 Å². The maximum Gasteiger partial charge on any atom is 0.252 e. The van der Waals surface area contributed by atoms with Gasteiger partial charge in [-0.3, -0.25) is 9.59 Å². The van der Waals surface area contributed by atoms with E-state index in [1.54, 1.807) is 36.3 Å². The normalized spacial score (nSPS) is 14.6. The maximum atomic E-state index is 13.0. The fourth-order valence-electron chi connectivity index (χ4n) is 2.96. The summed E-state index contributed by atoms with van der Waals surface area (Å²) in [6.45, 7) is 2.81. The molecule has 0 radical (unpaired) electrons. The summed E-state index contributed by atoms with van der Waals surface area (Å²) in [5.41, 5.74) is 1.26. The molecule has 1 aliphatic heterocycles. The summed E-state index contributed by atoms with van der Waals surface area (Å²) in [7, 11) is 1.58. The fourth-order valence-corrected chi connectivity index (χ4v) is 2.96. The molecule has 0 saturated carbocycles. The summed E-state index contributed by atoms with van der Waals surface area (Å²) in [4.78, 5) is 27.5. The van der Waals surface area contributed by atoms with Gasteiger partial charge in [0, 0.05) is 31.7 Å². The zero-order chi connectivity index (χ0) is 18.4. The molecule has 1 atom stereocenters. The summed E-state index contributed by atoms with van der Waals surface area (Å²) in [5.74, 6) is 0.308. The van der Waals surface area contributed by atoms with Gasteiger partial charge in [-0.2, -0.15) is 0 Å². The van der Waals surface area contributed by atoms with Crippen molar-refractivity contribution in [2.24, 2.45) is 0 Å². The second-order valence-corrected chi connectivity index (χ2v) is 6.12. The van der Waals surface area contributed by atoms with E-state index in [2.05, 4.69) is 10.6 Å². The van der Waals surface area contributed by atoms with Crippen LogP contribution in [-0.2, 0) is 4.79 Å². The Kier molecular flexibility index (Phi) is 7.64. The average molecular weight is 390 g/mol. The molecule has 1 heterocycles. The van der Waals surface area contributed by atoms with Crippen molar-refractivity contribution in [3.05, 3.63) is 65.7 Å². The highest BCUT2D eigenvalue weighted by molar-refractivity contribution is 5.98. The molecule has 0 aromatic heterocycles. The Morgan fingerprint density at radius 2 is 1.67 bits per heavy atom. The Hall–Kier alpha value is -2.57. The van der Waals surface area contributed by atoms with Crippen molar-refractivity contribution in [1.29, 1.82) is 0 Å². The maximum absolute atomic E-state index is 13.0. The van der Waals surface area contributed by atoms with Gasteiger partial charge in [0.2, 0.25) is 5.91 Å². The first kappa shape index (κ1) is 20.7. The Labute approximate surface area is 165 Å². The molecule has 1 saturated heterocycles. The second kappa shape index (κ2) is 9.94. The first-order valence-corrected chi connectivity index (χ1v) is 8.68. The minimum atomic E-state index is -0.705. The molecular formula is C20H24ClN3O3.